The van der Waals surface area contributed by atoms with Gasteiger partial charge in [0.25, 0.3) is 5.56 Å². The molecule has 1 atom stereocenters. The standard InChI is InChI=1S/C29H26N4O2/c1-21(32-15-6-7-16-32)35-25-11-8-10-24(18-25)33-20-23(28-13-4-5-14-31-28)17-27(29(33)34)26-12-3-2-9-22(26)19-30/h2-5,8-14,17-18,20-21H,6-7,15-16H2,1H3. The number of benzene rings is 2. The molecule has 35 heavy (non-hydrogen) atoms. The molecule has 4 aromatic rings. The fourth-order valence-corrected chi connectivity index (χ4v) is 4.54. The van der Waals surface area contributed by atoms with Crippen molar-refractivity contribution in [2.24, 2.45) is 0 Å². The smallest absolute Gasteiger partial charge is 0.263 e. The summed E-state index contributed by atoms with van der Waals surface area (Å²) in [5, 5.41) is 9.66. The molecule has 0 bridgehead atoms. The summed E-state index contributed by atoms with van der Waals surface area (Å²) >= 11 is 0. The molecule has 0 saturated carbocycles. The van der Waals surface area contributed by atoms with Crippen molar-refractivity contribution in [1.29, 1.82) is 5.26 Å². The quantitative estimate of drug-likeness (QED) is 0.391. The first kappa shape index (κ1) is 22.6. The van der Waals surface area contributed by atoms with Crippen LogP contribution in [0.2, 0.25) is 0 Å². The highest BCUT2D eigenvalue weighted by Crippen LogP contribution is 2.27. The van der Waals surface area contributed by atoms with Crippen LogP contribution in [-0.2, 0) is 0 Å². The molecule has 1 aliphatic heterocycles. The number of hydrogen-bond acceptors (Lipinski definition) is 5. The van der Waals surface area contributed by atoms with Crippen molar-refractivity contribution in [3.05, 3.63) is 101 Å². The highest BCUT2D eigenvalue weighted by molar-refractivity contribution is 5.75. The van der Waals surface area contributed by atoms with Crippen LogP contribution >= 0.6 is 0 Å². The summed E-state index contributed by atoms with van der Waals surface area (Å²) in [5.41, 5.74) is 3.50. The lowest BCUT2D eigenvalue weighted by Gasteiger charge is -2.24. The first-order valence-corrected chi connectivity index (χ1v) is 11.8. The van der Waals surface area contributed by atoms with Gasteiger partial charge in [0.2, 0.25) is 0 Å². The van der Waals surface area contributed by atoms with Crippen molar-refractivity contribution in [2.75, 3.05) is 13.1 Å². The van der Waals surface area contributed by atoms with Gasteiger partial charge in [-0.15, -0.1) is 0 Å². The molecule has 1 saturated heterocycles. The molecule has 2 aromatic carbocycles. The van der Waals surface area contributed by atoms with E-state index >= 15 is 0 Å². The average molecular weight is 463 g/mol. The maximum Gasteiger partial charge on any atom is 0.263 e. The second kappa shape index (κ2) is 9.96. The Kier molecular flexibility index (Phi) is 6.42. The van der Waals surface area contributed by atoms with Crippen molar-refractivity contribution in [3.8, 4) is 39.9 Å². The summed E-state index contributed by atoms with van der Waals surface area (Å²) in [4.78, 5) is 20.5. The topological polar surface area (TPSA) is 71.1 Å². The Labute approximate surface area is 204 Å². The number of rotatable bonds is 6. The van der Waals surface area contributed by atoms with E-state index in [1.54, 1.807) is 35.2 Å². The van der Waals surface area contributed by atoms with Gasteiger partial charge in [-0.3, -0.25) is 19.2 Å². The van der Waals surface area contributed by atoms with E-state index in [1.165, 1.54) is 12.8 Å². The van der Waals surface area contributed by atoms with Gasteiger partial charge in [0, 0.05) is 48.2 Å². The molecule has 6 heteroatoms. The van der Waals surface area contributed by atoms with Crippen molar-refractivity contribution < 1.29 is 4.74 Å². The van der Waals surface area contributed by atoms with E-state index in [4.69, 9.17) is 4.74 Å². The zero-order valence-electron chi connectivity index (χ0n) is 19.6. The van der Waals surface area contributed by atoms with Crippen LogP contribution < -0.4 is 10.3 Å². The van der Waals surface area contributed by atoms with Crippen molar-refractivity contribution >= 4 is 0 Å². The first-order valence-electron chi connectivity index (χ1n) is 11.8. The minimum absolute atomic E-state index is 0.0395. The normalized spacial score (nSPS) is 14.4. The SMILES string of the molecule is CC(Oc1cccc(-n2cc(-c3ccccn3)cc(-c3ccccc3C#N)c2=O)c1)N1CCCC1. The summed E-state index contributed by atoms with van der Waals surface area (Å²) in [6.45, 7) is 4.13. The zero-order valence-corrected chi connectivity index (χ0v) is 19.6. The number of aromatic nitrogens is 2. The Bertz CT molecular complexity index is 1430. The van der Waals surface area contributed by atoms with E-state index in [-0.39, 0.29) is 11.8 Å². The first-order chi connectivity index (χ1) is 17.1. The third-order valence-electron chi connectivity index (χ3n) is 6.37. The van der Waals surface area contributed by atoms with Gasteiger partial charge in [-0.2, -0.15) is 5.26 Å². The van der Waals surface area contributed by atoms with Crippen LogP contribution in [0.1, 0.15) is 25.3 Å². The molecule has 2 aromatic heterocycles. The number of hydrogen-bond donors (Lipinski definition) is 0. The second-order valence-corrected chi connectivity index (χ2v) is 8.65. The van der Waals surface area contributed by atoms with E-state index in [9.17, 15) is 10.1 Å². The summed E-state index contributed by atoms with van der Waals surface area (Å²) in [6.07, 6.45) is 5.86. The highest BCUT2D eigenvalue weighted by atomic mass is 16.5. The van der Waals surface area contributed by atoms with Crippen LogP contribution in [0.3, 0.4) is 0 Å². The van der Waals surface area contributed by atoms with Crippen molar-refractivity contribution in [3.63, 3.8) is 0 Å². The van der Waals surface area contributed by atoms with Crippen LogP contribution in [0.5, 0.6) is 5.75 Å². The van der Waals surface area contributed by atoms with E-state index < -0.39 is 0 Å². The van der Waals surface area contributed by atoms with Crippen LogP contribution in [0.15, 0.2) is 90.0 Å². The second-order valence-electron chi connectivity index (χ2n) is 8.65. The molecular weight excluding hydrogens is 436 g/mol. The number of nitriles is 1. The summed E-state index contributed by atoms with van der Waals surface area (Å²) in [6, 6.07) is 24.4. The molecule has 6 nitrogen and oxygen atoms in total. The van der Waals surface area contributed by atoms with Gasteiger partial charge in [-0.1, -0.05) is 30.3 Å². The Morgan fingerprint density at radius 2 is 1.77 bits per heavy atom. The minimum atomic E-state index is -0.211. The van der Waals surface area contributed by atoms with Gasteiger partial charge in [-0.25, -0.2) is 0 Å². The van der Waals surface area contributed by atoms with Crippen LogP contribution in [-0.4, -0.2) is 33.8 Å². The Hall–Kier alpha value is -4.21. The zero-order chi connectivity index (χ0) is 24.2. The van der Waals surface area contributed by atoms with Crippen LogP contribution in [0.4, 0.5) is 0 Å². The van der Waals surface area contributed by atoms with Gasteiger partial charge in [-0.05, 0) is 56.2 Å². The number of likely N-dealkylation sites (tertiary alicyclic amines) is 1. The summed E-state index contributed by atoms with van der Waals surface area (Å²) in [5.74, 6) is 0.705. The summed E-state index contributed by atoms with van der Waals surface area (Å²) in [7, 11) is 0. The third kappa shape index (κ3) is 4.72. The molecule has 5 rings (SSSR count). The lowest BCUT2D eigenvalue weighted by atomic mass is 9.99. The van der Waals surface area contributed by atoms with Gasteiger partial charge in [0.15, 0.2) is 0 Å². The predicted molar refractivity (Wildman–Crippen MR) is 136 cm³/mol. The number of ether oxygens (including phenoxy) is 1. The predicted octanol–water partition coefficient (Wildman–Crippen LogP) is 5.26. The number of nitrogens with zero attached hydrogens (tertiary/aromatic N) is 4. The molecule has 174 valence electrons. The Morgan fingerprint density at radius 1 is 0.971 bits per heavy atom. The highest BCUT2D eigenvalue weighted by Gasteiger charge is 2.20. The average Bonchev–Trinajstić information content (AvgIpc) is 3.45. The number of pyridine rings is 2. The molecule has 1 aliphatic rings. The van der Waals surface area contributed by atoms with E-state index in [1.807, 2.05) is 54.6 Å². The van der Waals surface area contributed by atoms with Crippen LogP contribution in [0.25, 0.3) is 28.1 Å². The van der Waals surface area contributed by atoms with Gasteiger partial charge >= 0.3 is 0 Å². The molecule has 0 amide bonds. The lowest BCUT2D eigenvalue weighted by molar-refractivity contribution is 0.0592. The molecule has 0 N–H and O–H groups in total. The molecule has 0 radical (unpaired) electrons. The maximum absolute atomic E-state index is 13.7. The fraction of sp³-hybridized carbons (Fsp3) is 0.207. The van der Waals surface area contributed by atoms with Gasteiger partial charge in [0.05, 0.1) is 23.0 Å². The molecular formula is C29H26N4O2. The third-order valence-corrected chi connectivity index (χ3v) is 6.37. The van der Waals surface area contributed by atoms with E-state index in [0.717, 1.165) is 24.3 Å². The van der Waals surface area contributed by atoms with E-state index in [2.05, 4.69) is 22.9 Å². The Morgan fingerprint density at radius 3 is 2.54 bits per heavy atom. The maximum atomic E-state index is 13.7. The van der Waals surface area contributed by atoms with Crippen molar-refractivity contribution in [1.82, 2.24) is 14.5 Å². The van der Waals surface area contributed by atoms with E-state index in [0.29, 0.717) is 28.1 Å². The molecule has 3 heterocycles. The fourth-order valence-electron chi connectivity index (χ4n) is 4.54. The lowest BCUT2D eigenvalue weighted by Crippen LogP contribution is -2.34. The largest absolute Gasteiger partial charge is 0.475 e. The monoisotopic (exact) mass is 462 g/mol. The van der Waals surface area contributed by atoms with Gasteiger partial charge in [0.1, 0.15) is 12.0 Å². The summed E-state index contributed by atoms with van der Waals surface area (Å²) < 4.78 is 7.83. The minimum Gasteiger partial charge on any atom is -0.475 e. The van der Waals surface area contributed by atoms with Gasteiger partial charge < -0.3 is 4.74 Å². The molecule has 0 aliphatic carbocycles. The molecule has 1 unspecified atom stereocenters. The van der Waals surface area contributed by atoms with Crippen LogP contribution in [0, 0.1) is 11.3 Å². The molecule has 0 spiro atoms. The van der Waals surface area contributed by atoms with Crippen molar-refractivity contribution in [2.45, 2.75) is 26.0 Å². The Balaban J connectivity index is 1.62. The molecule has 1 fully saturated rings.